The second-order valence-corrected chi connectivity index (χ2v) is 5.92. The van der Waals surface area contributed by atoms with Crippen LogP contribution in [-0.2, 0) is 4.79 Å². The van der Waals surface area contributed by atoms with E-state index in [0.29, 0.717) is 10.6 Å². The Kier molecular flexibility index (Phi) is 5.31. The van der Waals surface area contributed by atoms with E-state index in [1.165, 1.54) is 0 Å². The Morgan fingerprint density at radius 3 is 2.17 bits per heavy atom. The molecule has 0 saturated heterocycles. The Morgan fingerprint density at radius 2 is 1.61 bits per heavy atom. The average molecular weight is 342 g/mol. The Labute approximate surface area is 137 Å². The fourth-order valence-corrected chi connectivity index (χ4v) is 2.47. The van der Waals surface area contributed by atoms with Crippen LogP contribution in [0.4, 0.5) is 18.9 Å². The number of hydrogen-bond donors (Lipinski definition) is 1. The zero-order chi connectivity index (χ0) is 17.1. The SMILES string of the molecule is CC(C)[C@@H](C(=O)Nc1ccc(F)c(F)c1F)c1ccc(Cl)cc1. The summed E-state index contributed by atoms with van der Waals surface area (Å²) >= 11 is 5.83. The van der Waals surface area contributed by atoms with Crippen LogP contribution in [0.3, 0.4) is 0 Å². The lowest BCUT2D eigenvalue weighted by atomic mass is 9.87. The first-order chi connectivity index (χ1) is 10.8. The van der Waals surface area contributed by atoms with Gasteiger partial charge in [0.25, 0.3) is 0 Å². The van der Waals surface area contributed by atoms with E-state index in [4.69, 9.17) is 11.6 Å². The van der Waals surface area contributed by atoms with Crippen LogP contribution in [0.25, 0.3) is 0 Å². The predicted octanol–water partition coefficient (Wildman–Crippen LogP) is 5.14. The molecule has 6 heteroatoms. The predicted molar refractivity (Wildman–Crippen MR) is 84.0 cm³/mol. The minimum absolute atomic E-state index is 0.0930. The molecule has 0 aliphatic heterocycles. The van der Waals surface area contributed by atoms with Gasteiger partial charge in [-0.2, -0.15) is 0 Å². The van der Waals surface area contributed by atoms with Crippen LogP contribution in [0.2, 0.25) is 5.02 Å². The number of nitrogens with one attached hydrogen (secondary N) is 1. The van der Waals surface area contributed by atoms with Gasteiger partial charge in [-0.25, -0.2) is 13.2 Å². The van der Waals surface area contributed by atoms with Gasteiger partial charge in [0.1, 0.15) is 0 Å². The lowest BCUT2D eigenvalue weighted by Gasteiger charge is -2.21. The zero-order valence-electron chi connectivity index (χ0n) is 12.5. The number of amides is 1. The summed E-state index contributed by atoms with van der Waals surface area (Å²) in [5.74, 6) is -5.53. The van der Waals surface area contributed by atoms with E-state index in [9.17, 15) is 18.0 Å². The van der Waals surface area contributed by atoms with Gasteiger partial charge in [-0.05, 0) is 35.7 Å². The minimum Gasteiger partial charge on any atom is -0.323 e. The van der Waals surface area contributed by atoms with E-state index in [1.54, 1.807) is 24.3 Å². The Balaban J connectivity index is 2.29. The molecule has 1 N–H and O–H groups in total. The molecule has 1 atom stereocenters. The third-order valence-corrected chi connectivity index (χ3v) is 3.72. The molecule has 0 aliphatic carbocycles. The summed E-state index contributed by atoms with van der Waals surface area (Å²) in [6.45, 7) is 3.67. The summed E-state index contributed by atoms with van der Waals surface area (Å²) in [4.78, 5) is 12.5. The fraction of sp³-hybridized carbons (Fsp3) is 0.235. The molecule has 0 heterocycles. The Bertz CT molecular complexity index is 717. The van der Waals surface area contributed by atoms with E-state index in [1.807, 2.05) is 13.8 Å². The fourth-order valence-electron chi connectivity index (χ4n) is 2.34. The normalized spacial score (nSPS) is 12.3. The summed E-state index contributed by atoms with van der Waals surface area (Å²) in [5.41, 5.74) is 0.304. The zero-order valence-corrected chi connectivity index (χ0v) is 13.3. The highest BCUT2D eigenvalue weighted by atomic mass is 35.5. The van der Waals surface area contributed by atoms with Gasteiger partial charge < -0.3 is 5.32 Å². The standard InChI is InChI=1S/C17H15ClF3NO/c1-9(2)14(10-3-5-11(18)6-4-10)17(23)22-13-8-7-12(19)15(20)16(13)21/h3-9,14H,1-2H3,(H,22,23)/t14-/m1/s1. The first-order valence-electron chi connectivity index (χ1n) is 7.01. The third-order valence-electron chi connectivity index (χ3n) is 3.47. The van der Waals surface area contributed by atoms with Crippen LogP contribution in [0.1, 0.15) is 25.3 Å². The molecule has 23 heavy (non-hydrogen) atoms. The molecule has 0 fully saturated rings. The van der Waals surface area contributed by atoms with Gasteiger partial charge in [-0.15, -0.1) is 0 Å². The van der Waals surface area contributed by atoms with E-state index in [-0.39, 0.29) is 5.92 Å². The van der Waals surface area contributed by atoms with E-state index >= 15 is 0 Å². The summed E-state index contributed by atoms with van der Waals surface area (Å²) in [6.07, 6.45) is 0. The molecular formula is C17H15ClF3NO. The van der Waals surface area contributed by atoms with Crippen LogP contribution in [0.5, 0.6) is 0 Å². The molecule has 0 aromatic heterocycles. The van der Waals surface area contributed by atoms with Crippen molar-refractivity contribution in [1.29, 1.82) is 0 Å². The lowest BCUT2D eigenvalue weighted by molar-refractivity contribution is -0.118. The van der Waals surface area contributed by atoms with Crippen molar-refractivity contribution in [3.63, 3.8) is 0 Å². The maximum Gasteiger partial charge on any atom is 0.232 e. The van der Waals surface area contributed by atoms with Crippen molar-refractivity contribution in [2.24, 2.45) is 5.92 Å². The van der Waals surface area contributed by atoms with Gasteiger partial charge in [0.05, 0.1) is 11.6 Å². The van der Waals surface area contributed by atoms with Gasteiger partial charge in [-0.1, -0.05) is 37.6 Å². The average Bonchev–Trinajstić information content (AvgIpc) is 2.50. The number of carbonyl (C=O) groups is 1. The van der Waals surface area contributed by atoms with Crippen molar-refractivity contribution < 1.29 is 18.0 Å². The van der Waals surface area contributed by atoms with Crippen molar-refractivity contribution in [1.82, 2.24) is 0 Å². The van der Waals surface area contributed by atoms with Crippen LogP contribution >= 0.6 is 11.6 Å². The van der Waals surface area contributed by atoms with E-state index < -0.39 is 35.0 Å². The molecule has 1 amide bonds. The summed E-state index contributed by atoms with van der Waals surface area (Å²) in [5, 5.41) is 2.85. The minimum atomic E-state index is -1.62. The Morgan fingerprint density at radius 1 is 1.00 bits per heavy atom. The molecule has 122 valence electrons. The number of benzene rings is 2. The summed E-state index contributed by atoms with van der Waals surface area (Å²) < 4.78 is 39.9. The molecule has 0 radical (unpaired) electrons. The second kappa shape index (κ2) is 7.04. The maximum atomic E-state index is 13.7. The van der Waals surface area contributed by atoms with Crippen LogP contribution in [0, 0.1) is 23.4 Å². The molecule has 2 rings (SSSR count). The number of carbonyl (C=O) groups excluding carboxylic acids is 1. The molecule has 0 aliphatic rings. The molecule has 2 aromatic carbocycles. The topological polar surface area (TPSA) is 29.1 Å². The van der Waals surface area contributed by atoms with Gasteiger partial charge in [0.2, 0.25) is 5.91 Å². The number of halogens is 4. The summed E-state index contributed by atoms with van der Waals surface area (Å²) in [7, 11) is 0. The van der Waals surface area contributed by atoms with Crippen molar-refractivity contribution in [2.75, 3.05) is 5.32 Å². The van der Waals surface area contributed by atoms with Gasteiger partial charge in [-0.3, -0.25) is 4.79 Å². The molecule has 2 aromatic rings. The summed E-state index contributed by atoms with van der Waals surface area (Å²) in [6, 6.07) is 8.46. The molecule has 0 saturated carbocycles. The van der Waals surface area contributed by atoms with Gasteiger partial charge in [0.15, 0.2) is 17.5 Å². The molecule has 0 spiro atoms. The molecule has 0 unspecified atom stereocenters. The van der Waals surface area contributed by atoms with Gasteiger partial charge >= 0.3 is 0 Å². The molecule has 2 nitrogen and oxygen atoms in total. The highest BCUT2D eigenvalue weighted by molar-refractivity contribution is 6.30. The van der Waals surface area contributed by atoms with Crippen molar-refractivity contribution in [3.05, 3.63) is 64.4 Å². The molecule has 0 bridgehead atoms. The lowest BCUT2D eigenvalue weighted by Crippen LogP contribution is -2.25. The third kappa shape index (κ3) is 3.85. The van der Waals surface area contributed by atoms with E-state index in [2.05, 4.69) is 5.32 Å². The van der Waals surface area contributed by atoms with Crippen LogP contribution in [0.15, 0.2) is 36.4 Å². The Hall–Kier alpha value is -2.01. The highest BCUT2D eigenvalue weighted by Crippen LogP contribution is 2.28. The monoisotopic (exact) mass is 341 g/mol. The van der Waals surface area contributed by atoms with Crippen molar-refractivity contribution in [3.8, 4) is 0 Å². The highest BCUT2D eigenvalue weighted by Gasteiger charge is 2.26. The quantitative estimate of drug-likeness (QED) is 0.767. The van der Waals surface area contributed by atoms with Crippen LogP contribution < -0.4 is 5.32 Å². The smallest absolute Gasteiger partial charge is 0.232 e. The number of anilines is 1. The van der Waals surface area contributed by atoms with Crippen LogP contribution in [-0.4, -0.2) is 5.91 Å². The van der Waals surface area contributed by atoms with Crippen molar-refractivity contribution in [2.45, 2.75) is 19.8 Å². The first-order valence-corrected chi connectivity index (χ1v) is 7.39. The van der Waals surface area contributed by atoms with Gasteiger partial charge in [0, 0.05) is 5.02 Å². The molecular weight excluding hydrogens is 327 g/mol. The van der Waals surface area contributed by atoms with Crippen molar-refractivity contribution >= 4 is 23.2 Å². The second-order valence-electron chi connectivity index (χ2n) is 5.49. The number of hydrogen-bond acceptors (Lipinski definition) is 1. The van der Waals surface area contributed by atoms with E-state index in [0.717, 1.165) is 12.1 Å². The number of rotatable bonds is 4. The largest absolute Gasteiger partial charge is 0.323 e. The maximum absolute atomic E-state index is 13.7. The first kappa shape index (κ1) is 17.3.